The fourth-order valence-electron chi connectivity index (χ4n) is 1.10. The summed E-state index contributed by atoms with van der Waals surface area (Å²) in [6.07, 6.45) is 0. The molecule has 1 aromatic carbocycles. The number of nitrogens with zero attached hydrogens (tertiary/aromatic N) is 1. The molecule has 1 rings (SSSR count). The lowest BCUT2D eigenvalue weighted by Crippen LogP contribution is -2.05. The van der Waals surface area contributed by atoms with E-state index in [4.69, 9.17) is 14.6 Å². The van der Waals surface area contributed by atoms with Gasteiger partial charge in [-0.15, -0.1) is 0 Å². The Labute approximate surface area is 96.7 Å². The van der Waals surface area contributed by atoms with Gasteiger partial charge >= 0.3 is 11.7 Å². The van der Waals surface area contributed by atoms with Gasteiger partial charge in [0.15, 0.2) is 12.5 Å². The van der Waals surface area contributed by atoms with Gasteiger partial charge in [0.2, 0.25) is 0 Å². The summed E-state index contributed by atoms with van der Waals surface area (Å²) in [6, 6.07) is 3.42. The third kappa shape index (κ3) is 3.42. The van der Waals surface area contributed by atoms with E-state index in [-0.39, 0.29) is 18.1 Å². The molecule has 92 valence electrons. The van der Waals surface area contributed by atoms with Gasteiger partial charge in [-0.2, -0.15) is 0 Å². The molecule has 7 nitrogen and oxygen atoms in total. The molecule has 0 aliphatic carbocycles. The molecule has 1 aromatic rings. The molecule has 0 unspecified atom stereocenters. The van der Waals surface area contributed by atoms with Crippen LogP contribution in [0.2, 0.25) is 0 Å². The minimum Gasteiger partial charge on any atom is -0.478 e. The first kappa shape index (κ1) is 12.9. The van der Waals surface area contributed by atoms with E-state index in [1.165, 1.54) is 12.1 Å². The highest BCUT2D eigenvalue weighted by atomic mass is 16.7. The summed E-state index contributed by atoms with van der Waals surface area (Å²) in [5.74, 6) is -1.25. The third-order valence-electron chi connectivity index (χ3n) is 1.90. The molecule has 0 fully saturated rings. The SMILES string of the molecule is CCOCOc1ccc(C(=O)O)cc1[N+](=O)[O-]. The van der Waals surface area contributed by atoms with E-state index in [1.807, 2.05) is 0 Å². The minimum atomic E-state index is -1.23. The van der Waals surface area contributed by atoms with E-state index in [0.717, 1.165) is 6.07 Å². The molecule has 0 saturated carbocycles. The Morgan fingerprint density at radius 2 is 2.24 bits per heavy atom. The van der Waals surface area contributed by atoms with Crippen LogP contribution in [0.25, 0.3) is 0 Å². The molecule has 0 heterocycles. The molecule has 17 heavy (non-hydrogen) atoms. The van der Waals surface area contributed by atoms with E-state index >= 15 is 0 Å². The second-order valence-electron chi connectivity index (χ2n) is 3.00. The van der Waals surface area contributed by atoms with Gasteiger partial charge in [0, 0.05) is 12.7 Å². The first-order chi connectivity index (χ1) is 8.06. The maximum Gasteiger partial charge on any atom is 0.335 e. The van der Waals surface area contributed by atoms with E-state index in [2.05, 4.69) is 0 Å². The van der Waals surface area contributed by atoms with Crippen LogP contribution < -0.4 is 4.74 Å². The van der Waals surface area contributed by atoms with E-state index in [0.29, 0.717) is 6.61 Å². The Morgan fingerprint density at radius 3 is 2.76 bits per heavy atom. The lowest BCUT2D eigenvalue weighted by molar-refractivity contribution is -0.386. The summed E-state index contributed by atoms with van der Waals surface area (Å²) in [5.41, 5.74) is -0.565. The van der Waals surface area contributed by atoms with Crippen molar-refractivity contribution in [3.05, 3.63) is 33.9 Å². The number of ether oxygens (including phenoxy) is 2. The van der Waals surface area contributed by atoms with Gasteiger partial charge in [-0.3, -0.25) is 10.1 Å². The van der Waals surface area contributed by atoms with Crippen LogP contribution in [-0.4, -0.2) is 29.4 Å². The molecule has 0 bridgehead atoms. The van der Waals surface area contributed by atoms with Gasteiger partial charge < -0.3 is 14.6 Å². The number of hydrogen-bond acceptors (Lipinski definition) is 5. The number of benzene rings is 1. The molecule has 1 N–H and O–H groups in total. The van der Waals surface area contributed by atoms with Crippen molar-refractivity contribution in [3.8, 4) is 5.75 Å². The second-order valence-corrected chi connectivity index (χ2v) is 3.00. The van der Waals surface area contributed by atoms with Crippen molar-refractivity contribution in [2.75, 3.05) is 13.4 Å². The summed E-state index contributed by atoms with van der Waals surface area (Å²) in [7, 11) is 0. The molecule has 0 atom stereocenters. The van der Waals surface area contributed by atoms with Crippen molar-refractivity contribution in [1.82, 2.24) is 0 Å². The molecule has 0 amide bonds. The fraction of sp³-hybridized carbons (Fsp3) is 0.300. The van der Waals surface area contributed by atoms with Crippen molar-refractivity contribution in [1.29, 1.82) is 0 Å². The lowest BCUT2D eigenvalue weighted by Gasteiger charge is -2.06. The summed E-state index contributed by atoms with van der Waals surface area (Å²) < 4.78 is 9.91. The quantitative estimate of drug-likeness (QED) is 0.352. The number of carboxylic acid groups (broad SMARTS) is 1. The highest BCUT2D eigenvalue weighted by Gasteiger charge is 2.18. The van der Waals surface area contributed by atoms with Crippen LogP contribution in [0.3, 0.4) is 0 Å². The highest BCUT2D eigenvalue weighted by molar-refractivity contribution is 5.88. The minimum absolute atomic E-state index is 0.0200. The second kappa shape index (κ2) is 5.80. The molecular weight excluding hydrogens is 230 g/mol. The van der Waals surface area contributed by atoms with Gasteiger partial charge in [-0.25, -0.2) is 4.79 Å². The zero-order valence-corrected chi connectivity index (χ0v) is 9.08. The predicted molar refractivity (Wildman–Crippen MR) is 57.2 cm³/mol. The summed E-state index contributed by atoms with van der Waals surface area (Å²) in [5, 5.41) is 19.4. The number of carboxylic acids is 1. The van der Waals surface area contributed by atoms with Gasteiger partial charge in [-0.1, -0.05) is 0 Å². The highest BCUT2D eigenvalue weighted by Crippen LogP contribution is 2.27. The standard InChI is InChI=1S/C10H11NO6/c1-2-16-6-17-9-4-3-7(10(12)13)5-8(9)11(14)15/h3-5H,2,6H2,1H3,(H,12,13). The number of nitro groups is 1. The van der Waals surface area contributed by atoms with Crippen LogP contribution >= 0.6 is 0 Å². The molecular formula is C10H11NO6. The van der Waals surface area contributed by atoms with Crippen molar-refractivity contribution < 1.29 is 24.3 Å². The predicted octanol–water partition coefficient (Wildman–Crippen LogP) is 1.67. The molecule has 0 aliphatic heterocycles. The van der Waals surface area contributed by atoms with Crippen LogP contribution in [-0.2, 0) is 4.74 Å². The first-order valence-electron chi connectivity index (χ1n) is 4.78. The fourth-order valence-corrected chi connectivity index (χ4v) is 1.10. The number of aromatic carboxylic acids is 1. The monoisotopic (exact) mass is 241 g/mol. The zero-order valence-electron chi connectivity index (χ0n) is 9.08. The maximum absolute atomic E-state index is 10.7. The van der Waals surface area contributed by atoms with E-state index < -0.39 is 16.6 Å². The van der Waals surface area contributed by atoms with Crippen molar-refractivity contribution >= 4 is 11.7 Å². The summed E-state index contributed by atoms with van der Waals surface area (Å²) in [6.45, 7) is 2.05. The maximum atomic E-state index is 10.7. The molecule has 0 aliphatic rings. The molecule has 0 saturated heterocycles. The van der Waals surface area contributed by atoms with Crippen LogP contribution in [0.1, 0.15) is 17.3 Å². The summed E-state index contributed by atoms with van der Waals surface area (Å²) >= 11 is 0. The zero-order chi connectivity index (χ0) is 12.8. The van der Waals surface area contributed by atoms with Gasteiger partial charge in [0.25, 0.3) is 0 Å². The van der Waals surface area contributed by atoms with Gasteiger partial charge in [-0.05, 0) is 19.1 Å². The average molecular weight is 241 g/mol. The normalized spacial score (nSPS) is 9.94. The Balaban J connectivity index is 2.96. The Kier molecular flexibility index (Phi) is 4.41. The largest absolute Gasteiger partial charge is 0.478 e. The van der Waals surface area contributed by atoms with Crippen LogP contribution in [0.15, 0.2) is 18.2 Å². The number of carbonyl (C=O) groups is 1. The third-order valence-corrected chi connectivity index (χ3v) is 1.90. The van der Waals surface area contributed by atoms with E-state index in [1.54, 1.807) is 6.92 Å². The van der Waals surface area contributed by atoms with Gasteiger partial charge in [0.1, 0.15) is 0 Å². The average Bonchev–Trinajstić information content (AvgIpc) is 2.29. The van der Waals surface area contributed by atoms with Crippen LogP contribution in [0.5, 0.6) is 5.75 Å². The molecule has 0 spiro atoms. The smallest absolute Gasteiger partial charge is 0.335 e. The first-order valence-corrected chi connectivity index (χ1v) is 4.78. The number of rotatable bonds is 6. The van der Waals surface area contributed by atoms with Crippen LogP contribution in [0, 0.1) is 10.1 Å². The van der Waals surface area contributed by atoms with Crippen molar-refractivity contribution in [3.63, 3.8) is 0 Å². The summed E-state index contributed by atoms with van der Waals surface area (Å²) in [4.78, 5) is 20.7. The Hall–Kier alpha value is -2.15. The molecule has 7 heteroatoms. The van der Waals surface area contributed by atoms with Crippen molar-refractivity contribution in [2.45, 2.75) is 6.92 Å². The van der Waals surface area contributed by atoms with Gasteiger partial charge in [0.05, 0.1) is 10.5 Å². The molecule has 0 aromatic heterocycles. The Morgan fingerprint density at radius 1 is 1.53 bits per heavy atom. The lowest BCUT2D eigenvalue weighted by atomic mass is 10.2. The number of nitro benzene ring substituents is 1. The Bertz CT molecular complexity index is 431. The molecule has 0 radical (unpaired) electrons. The van der Waals surface area contributed by atoms with Crippen molar-refractivity contribution in [2.24, 2.45) is 0 Å². The topological polar surface area (TPSA) is 98.9 Å². The van der Waals surface area contributed by atoms with E-state index in [9.17, 15) is 14.9 Å². The van der Waals surface area contributed by atoms with Crippen LogP contribution in [0.4, 0.5) is 5.69 Å². The number of hydrogen-bond donors (Lipinski definition) is 1.